The number of imidazole rings is 1. The molecule has 0 aromatic carbocycles. The SMILES string of the molecule is CCNc1nc(NC(CO)(CO)CO)c2[nH]cnc2n1. The van der Waals surface area contributed by atoms with E-state index in [0.29, 0.717) is 29.5 Å². The Bertz CT molecular complexity index is 560. The van der Waals surface area contributed by atoms with E-state index in [9.17, 15) is 15.3 Å². The lowest BCUT2D eigenvalue weighted by Crippen LogP contribution is -2.49. The van der Waals surface area contributed by atoms with E-state index in [0.717, 1.165) is 0 Å². The van der Waals surface area contributed by atoms with E-state index < -0.39 is 25.4 Å². The highest BCUT2D eigenvalue weighted by molar-refractivity contribution is 5.84. The van der Waals surface area contributed by atoms with Crippen LogP contribution in [-0.4, -0.2) is 67.2 Å². The van der Waals surface area contributed by atoms with Crippen molar-refractivity contribution in [2.24, 2.45) is 0 Å². The molecule has 0 unspecified atom stereocenters. The molecule has 0 aliphatic heterocycles. The van der Waals surface area contributed by atoms with Gasteiger partial charge in [-0.2, -0.15) is 9.97 Å². The van der Waals surface area contributed by atoms with Gasteiger partial charge >= 0.3 is 0 Å². The van der Waals surface area contributed by atoms with Gasteiger partial charge < -0.3 is 30.9 Å². The minimum absolute atomic E-state index is 0.348. The normalized spacial score (nSPS) is 11.8. The number of hydrogen-bond acceptors (Lipinski definition) is 8. The van der Waals surface area contributed by atoms with Crippen LogP contribution in [-0.2, 0) is 0 Å². The molecule has 0 aliphatic carbocycles. The molecule has 0 atom stereocenters. The van der Waals surface area contributed by atoms with Gasteiger partial charge in [-0.25, -0.2) is 4.98 Å². The summed E-state index contributed by atoms with van der Waals surface area (Å²) >= 11 is 0. The molecular formula is C11H18N6O3. The van der Waals surface area contributed by atoms with Crippen LogP contribution in [0.3, 0.4) is 0 Å². The van der Waals surface area contributed by atoms with Gasteiger partial charge in [0.05, 0.1) is 26.1 Å². The van der Waals surface area contributed by atoms with Crippen molar-refractivity contribution in [3.8, 4) is 0 Å². The fourth-order valence-electron chi connectivity index (χ4n) is 1.68. The summed E-state index contributed by atoms with van der Waals surface area (Å²) in [5, 5.41) is 33.9. The fourth-order valence-corrected chi connectivity index (χ4v) is 1.68. The number of aliphatic hydroxyl groups is 3. The lowest BCUT2D eigenvalue weighted by molar-refractivity contribution is 0.0832. The molecule has 0 amide bonds. The highest BCUT2D eigenvalue weighted by atomic mass is 16.3. The van der Waals surface area contributed by atoms with Crippen molar-refractivity contribution in [3.63, 3.8) is 0 Å². The maximum absolute atomic E-state index is 9.37. The van der Waals surface area contributed by atoms with Crippen LogP contribution < -0.4 is 10.6 Å². The summed E-state index contributed by atoms with van der Waals surface area (Å²) in [6.45, 7) is 1.20. The molecule has 0 radical (unpaired) electrons. The molecule has 0 saturated heterocycles. The van der Waals surface area contributed by atoms with E-state index in [1.54, 1.807) is 0 Å². The molecule has 0 saturated carbocycles. The van der Waals surface area contributed by atoms with E-state index in [1.165, 1.54) is 6.33 Å². The van der Waals surface area contributed by atoms with Crippen LogP contribution in [0.5, 0.6) is 0 Å². The van der Waals surface area contributed by atoms with Gasteiger partial charge in [-0.15, -0.1) is 0 Å². The molecule has 20 heavy (non-hydrogen) atoms. The van der Waals surface area contributed by atoms with Crippen molar-refractivity contribution in [2.45, 2.75) is 12.5 Å². The van der Waals surface area contributed by atoms with Gasteiger partial charge in [0.2, 0.25) is 5.95 Å². The van der Waals surface area contributed by atoms with E-state index in [-0.39, 0.29) is 0 Å². The molecule has 2 aromatic heterocycles. The standard InChI is InChI=1S/C11H18N6O3/c1-2-12-10-15-8-7(13-6-14-8)9(16-10)17-11(3-18,4-19)5-20/h6,18-20H,2-5H2,1H3,(H3,12,13,14,15,16,17). The Hall–Kier alpha value is -1.97. The molecule has 2 aromatic rings. The van der Waals surface area contributed by atoms with Crippen molar-refractivity contribution in [1.29, 1.82) is 0 Å². The predicted molar refractivity (Wildman–Crippen MR) is 73.5 cm³/mol. The molecule has 0 fully saturated rings. The Kier molecular flexibility index (Phi) is 4.32. The molecule has 2 heterocycles. The summed E-state index contributed by atoms with van der Waals surface area (Å²) in [4.78, 5) is 15.4. The first kappa shape index (κ1) is 14.4. The molecule has 0 aliphatic rings. The van der Waals surface area contributed by atoms with Crippen LogP contribution in [0, 0.1) is 0 Å². The van der Waals surface area contributed by atoms with Gasteiger partial charge in [-0.3, -0.25) is 0 Å². The summed E-state index contributed by atoms with van der Waals surface area (Å²) in [6, 6.07) is 0. The van der Waals surface area contributed by atoms with E-state index >= 15 is 0 Å². The molecule has 0 spiro atoms. The number of nitrogens with one attached hydrogen (secondary N) is 3. The largest absolute Gasteiger partial charge is 0.394 e. The van der Waals surface area contributed by atoms with Gasteiger partial charge in [0, 0.05) is 6.54 Å². The molecular weight excluding hydrogens is 264 g/mol. The van der Waals surface area contributed by atoms with Gasteiger partial charge in [-0.05, 0) is 6.92 Å². The highest BCUT2D eigenvalue weighted by Gasteiger charge is 2.29. The van der Waals surface area contributed by atoms with Crippen LogP contribution in [0.1, 0.15) is 6.92 Å². The quantitative estimate of drug-likeness (QED) is 0.376. The first-order chi connectivity index (χ1) is 9.68. The summed E-state index contributed by atoms with van der Waals surface area (Å²) in [6.07, 6.45) is 1.47. The fraction of sp³-hybridized carbons (Fsp3) is 0.545. The van der Waals surface area contributed by atoms with E-state index in [1.807, 2.05) is 6.92 Å². The van der Waals surface area contributed by atoms with Gasteiger partial charge in [-0.1, -0.05) is 0 Å². The number of H-pyrrole nitrogens is 1. The van der Waals surface area contributed by atoms with Crippen molar-refractivity contribution in [3.05, 3.63) is 6.33 Å². The lowest BCUT2D eigenvalue weighted by atomic mass is 10.0. The maximum atomic E-state index is 9.37. The Balaban J connectivity index is 2.43. The maximum Gasteiger partial charge on any atom is 0.226 e. The van der Waals surface area contributed by atoms with Crippen LogP contribution in [0.2, 0.25) is 0 Å². The Labute approximate surface area is 115 Å². The second-order valence-corrected chi connectivity index (χ2v) is 4.41. The average Bonchev–Trinajstić information content (AvgIpc) is 2.94. The smallest absolute Gasteiger partial charge is 0.226 e. The van der Waals surface area contributed by atoms with Crippen molar-refractivity contribution < 1.29 is 15.3 Å². The van der Waals surface area contributed by atoms with Crippen molar-refractivity contribution >= 4 is 22.9 Å². The minimum Gasteiger partial charge on any atom is -0.394 e. The zero-order valence-electron chi connectivity index (χ0n) is 11.1. The number of hydrogen-bond donors (Lipinski definition) is 6. The predicted octanol–water partition coefficient (Wildman–Crippen LogP) is -1.09. The number of aliphatic hydroxyl groups excluding tert-OH is 3. The van der Waals surface area contributed by atoms with E-state index in [2.05, 4.69) is 30.6 Å². The van der Waals surface area contributed by atoms with Crippen molar-refractivity contribution in [1.82, 2.24) is 19.9 Å². The number of aromatic nitrogens is 4. The van der Waals surface area contributed by atoms with Gasteiger partial charge in [0.25, 0.3) is 0 Å². The first-order valence-electron chi connectivity index (χ1n) is 6.23. The first-order valence-corrected chi connectivity index (χ1v) is 6.23. The molecule has 2 rings (SSSR count). The molecule has 0 bridgehead atoms. The lowest BCUT2D eigenvalue weighted by Gasteiger charge is -2.29. The second kappa shape index (κ2) is 5.99. The van der Waals surface area contributed by atoms with Crippen LogP contribution >= 0.6 is 0 Å². The van der Waals surface area contributed by atoms with Crippen LogP contribution in [0.25, 0.3) is 11.2 Å². The topological polar surface area (TPSA) is 139 Å². The zero-order valence-corrected chi connectivity index (χ0v) is 11.1. The third-order valence-corrected chi connectivity index (χ3v) is 2.91. The molecule has 9 nitrogen and oxygen atoms in total. The molecule has 9 heteroatoms. The number of aromatic amines is 1. The van der Waals surface area contributed by atoms with Gasteiger partial charge in [0.1, 0.15) is 11.1 Å². The number of anilines is 2. The van der Waals surface area contributed by atoms with Gasteiger partial charge in [0.15, 0.2) is 11.5 Å². The Morgan fingerprint density at radius 1 is 1.20 bits per heavy atom. The summed E-state index contributed by atoms with van der Waals surface area (Å²) in [5.74, 6) is 0.720. The Morgan fingerprint density at radius 2 is 1.90 bits per heavy atom. The van der Waals surface area contributed by atoms with Crippen molar-refractivity contribution in [2.75, 3.05) is 37.0 Å². The van der Waals surface area contributed by atoms with Crippen LogP contribution in [0.15, 0.2) is 6.33 Å². The summed E-state index contributed by atoms with van der Waals surface area (Å²) < 4.78 is 0. The molecule has 110 valence electrons. The number of nitrogens with zero attached hydrogens (tertiary/aromatic N) is 3. The monoisotopic (exact) mass is 282 g/mol. The highest BCUT2D eigenvalue weighted by Crippen LogP contribution is 2.22. The Morgan fingerprint density at radius 3 is 2.50 bits per heavy atom. The average molecular weight is 282 g/mol. The summed E-state index contributed by atoms with van der Waals surface area (Å²) in [5.41, 5.74) is -0.289. The zero-order chi connectivity index (χ0) is 14.6. The second-order valence-electron chi connectivity index (χ2n) is 4.41. The number of rotatable bonds is 7. The van der Waals surface area contributed by atoms with E-state index in [4.69, 9.17) is 0 Å². The summed E-state index contributed by atoms with van der Waals surface area (Å²) in [7, 11) is 0. The van der Waals surface area contributed by atoms with Crippen LogP contribution in [0.4, 0.5) is 11.8 Å². The molecule has 6 N–H and O–H groups in total. The third kappa shape index (κ3) is 2.64. The minimum atomic E-state index is -1.27. The number of fused-ring (bicyclic) bond motifs is 1. The third-order valence-electron chi connectivity index (χ3n) is 2.91.